The number of hydrogen-bond acceptors (Lipinski definition) is 4. The number of aldehydes is 1. The minimum atomic E-state index is -0.359. The Kier molecular flexibility index (Phi) is 8.91. The number of carbonyl (C=O) groups excluding carboxylic acids is 3. The van der Waals surface area contributed by atoms with Crippen molar-refractivity contribution in [1.82, 2.24) is 10.2 Å². The standard InChI is InChI=1S/C29H34FN3O3/c1-18(2)26-10-11-27(23-6-5-7-25(30)15-23)33(26)28(35)16-32-29(36)24-9-8-22(19(3)12-24)14-21(17-34)13-20(4)31/h5-9,12-13,15,17-18,26-27,31H,10-11,14,16H2,1-4H3,(H,32,36)/b21-13-,31-20?. The van der Waals surface area contributed by atoms with Crippen LogP contribution in [0.25, 0.3) is 0 Å². The monoisotopic (exact) mass is 491 g/mol. The number of nitrogens with zero attached hydrogens (tertiary/aromatic N) is 1. The van der Waals surface area contributed by atoms with Crippen molar-refractivity contribution in [2.45, 2.75) is 59.0 Å². The van der Waals surface area contributed by atoms with Gasteiger partial charge in [0.05, 0.1) is 12.6 Å². The molecule has 2 unspecified atom stereocenters. The Bertz CT molecular complexity index is 1190. The SMILES string of the molecule is CC(=N)/C=C(\C=O)Cc1ccc(C(=O)NCC(=O)N2C(c3cccc(F)c3)CCC2C(C)C)cc1C. The van der Waals surface area contributed by atoms with Gasteiger partial charge in [-0.15, -0.1) is 0 Å². The van der Waals surface area contributed by atoms with Gasteiger partial charge in [-0.05, 0) is 85.2 Å². The van der Waals surface area contributed by atoms with Crippen LogP contribution in [0.1, 0.15) is 66.7 Å². The topological polar surface area (TPSA) is 90.3 Å². The molecule has 0 radical (unpaired) electrons. The molecule has 2 aromatic rings. The van der Waals surface area contributed by atoms with E-state index >= 15 is 0 Å². The fourth-order valence-electron chi connectivity index (χ4n) is 4.90. The molecule has 1 aliphatic rings. The van der Waals surface area contributed by atoms with Gasteiger partial charge in [0.15, 0.2) is 0 Å². The number of rotatable bonds is 9. The Morgan fingerprint density at radius 2 is 1.94 bits per heavy atom. The van der Waals surface area contributed by atoms with Crippen molar-refractivity contribution < 1.29 is 18.8 Å². The Labute approximate surface area is 212 Å². The van der Waals surface area contributed by atoms with Crippen LogP contribution in [0, 0.1) is 24.1 Å². The van der Waals surface area contributed by atoms with E-state index in [2.05, 4.69) is 19.2 Å². The fourth-order valence-corrected chi connectivity index (χ4v) is 4.90. The van der Waals surface area contributed by atoms with Crippen LogP contribution in [-0.2, 0) is 16.0 Å². The summed E-state index contributed by atoms with van der Waals surface area (Å²) in [6.07, 6.45) is 4.22. The zero-order valence-corrected chi connectivity index (χ0v) is 21.3. The van der Waals surface area contributed by atoms with Gasteiger partial charge >= 0.3 is 0 Å². The van der Waals surface area contributed by atoms with E-state index in [9.17, 15) is 18.8 Å². The average Bonchev–Trinajstić information content (AvgIpc) is 3.28. The van der Waals surface area contributed by atoms with Gasteiger partial charge in [-0.2, -0.15) is 0 Å². The first kappa shape index (κ1) is 27.0. The van der Waals surface area contributed by atoms with Crippen LogP contribution in [0.2, 0.25) is 0 Å². The lowest BCUT2D eigenvalue weighted by atomic mass is 9.98. The lowest BCUT2D eigenvalue weighted by molar-refractivity contribution is -0.134. The minimum absolute atomic E-state index is 0.0221. The molecule has 3 rings (SSSR count). The van der Waals surface area contributed by atoms with Gasteiger partial charge < -0.3 is 15.6 Å². The van der Waals surface area contributed by atoms with Gasteiger partial charge in [-0.1, -0.05) is 32.0 Å². The smallest absolute Gasteiger partial charge is 0.251 e. The zero-order valence-electron chi connectivity index (χ0n) is 21.3. The molecule has 1 fully saturated rings. The van der Waals surface area contributed by atoms with Gasteiger partial charge in [0.2, 0.25) is 5.91 Å². The summed E-state index contributed by atoms with van der Waals surface area (Å²) in [5, 5.41) is 10.3. The molecule has 190 valence electrons. The van der Waals surface area contributed by atoms with E-state index < -0.39 is 0 Å². The van der Waals surface area contributed by atoms with E-state index in [1.54, 1.807) is 31.2 Å². The van der Waals surface area contributed by atoms with Gasteiger partial charge in [-0.25, -0.2) is 4.39 Å². The number of nitrogens with one attached hydrogen (secondary N) is 2. The Balaban J connectivity index is 1.70. The summed E-state index contributed by atoms with van der Waals surface area (Å²) in [6.45, 7) is 7.45. The number of halogens is 1. The van der Waals surface area contributed by atoms with Crippen LogP contribution in [0.4, 0.5) is 4.39 Å². The first-order chi connectivity index (χ1) is 17.1. The van der Waals surface area contributed by atoms with Crippen molar-refractivity contribution in [3.8, 4) is 0 Å². The van der Waals surface area contributed by atoms with Crippen LogP contribution in [-0.4, -0.2) is 41.3 Å². The summed E-state index contributed by atoms with van der Waals surface area (Å²) in [4.78, 5) is 39.2. The van der Waals surface area contributed by atoms with E-state index in [1.807, 2.05) is 17.9 Å². The van der Waals surface area contributed by atoms with Crippen molar-refractivity contribution in [1.29, 1.82) is 5.41 Å². The third-order valence-electron chi connectivity index (χ3n) is 6.67. The second-order valence-electron chi connectivity index (χ2n) is 9.78. The summed E-state index contributed by atoms with van der Waals surface area (Å²) >= 11 is 0. The van der Waals surface area contributed by atoms with Gasteiger partial charge in [0, 0.05) is 23.7 Å². The number of amides is 2. The lowest BCUT2D eigenvalue weighted by Crippen LogP contribution is -2.45. The third-order valence-corrected chi connectivity index (χ3v) is 6.67. The molecule has 0 aromatic heterocycles. The van der Waals surface area contributed by atoms with Crippen LogP contribution in [0.5, 0.6) is 0 Å². The van der Waals surface area contributed by atoms with E-state index in [0.29, 0.717) is 23.3 Å². The van der Waals surface area contributed by atoms with E-state index in [0.717, 1.165) is 35.8 Å². The minimum Gasteiger partial charge on any atom is -0.343 e. The number of benzene rings is 2. The quantitative estimate of drug-likeness (QED) is 0.295. The van der Waals surface area contributed by atoms with Gasteiger partial charge in [-0.3, -0.25) is 14.4 Å². The average molecular weight is 492 g/mol. The Hall–Kier alpha value is -3.61. The summed E-state index contributed by atoms with van der Waals surface area (Å²) in [5.41, 5.74) is 3.71. The van der Waals surface area contributed by atoms with Gasteiger partial charge in [0.25, 0.3) is 5.91 Å². The molecular formula is C29H34FN3O3. The number of aryl methyl sites for hydroxylation is 1. The van der Waals surface area contributed by atoms with Crippen molar-refractivity contribution in [3.63, 3.8) is 0 Å². The largest absolute Gasteiger partial charge is 0.343 e. The molecule has 0 spiro atoms. The first-order valence-electron chi connectivity index (χ1n) is 12.3. The first-order valence-corrected chi connectivity index (χ1v) is 12.3. The third kappa shape index (κ3) is 6.53. The van der Waals surface area contributed by atoms with Crippen molar-refractivity contribution in [2.75, 3.05) is 6.54 Å². The maximum atomic E-state index is 13.9. The summed E-state index contributed by atoms with van der Waals surface area (Å²) in [6, 6.07) is 11.4. The highest BCUT2D eigenvalue weighted by atomic mass is 19.1. The number of carbonyl (C=O) groups is 3. The molecule has 6 nitrogen and oxygen atoms in total. The summed E-state index contributed by atoms with van der Waals surface area (Å²) in [7, 11) is 0. The number of likely N-dealkylation sites (tertiary alicyclic amines) is 1. The zero-order chi connectivity index (χ0) is 26.4. The molecule has 0 bridgehead atoms. The maximum Gasteiger partial charge on any atom is 0.251 e. The molecule has 0 aliphatic carbocycles. The van der Waals surface area contributed by atoms with Crippen molar-refractivity contribution >= 4 is 23.8 Å². The summed E-state index contributed by atoms with van der Waals surface area (Å²) in [5.74, 6) is -0.643. The van der Waals surface area contributed by atoms with E-state index in [1.165, 1.54) is 18.2 Å². The molecule has 2 amide bonds. The second-order valence-corrected chi connectivity index (χ2v) is 9.78. The molecule has 2 atom stereocenters. The number of hydrogen-bond donors (Lipinski definition) is 2. The van der Waals surface area contributed by atoms with Crippen molar-refractivity contribution in [2.24, 2.45) is 5.92 Å². The lowest BCUT2D eigenvalue weighted by Gasteiger charge is -2.33. The molecule has 2 aromatic carbocycles. The molecule has 7 heteroatoms. The summed E-state index contributed by atoms with van der Waals surface area (Å²) < 4.78 is 13.9. The van der Waals surface area contributed by atoms with Crippen LogP contribution in [0.15, 0.2) is 54.1 Å². The highest BCUT2D eigenvalue weighted by molar-refractivity contribution is 5.97. The number of allylic oxidation sites excluding steroid dienone is 2. The predicted molar refractivity (Wildman–Crippen MR) is 139 cm³/mol. The highest BCUT2D eigenvalue weighted by Gasteiger charge is 2.39. The predicted octanol–water partition coefficient (Wildman–Crippen LogP) is 4.96. The Morgan fingerprint density at radius 3 is 2.56 bits per heavy atom. The molecule has 1 saturated heterocycles. The molecule has 0 saturated carbocycles. The fraction of sp³-hybridized carbons (Fsp3) is 0.379. The maximum absolute atomic E-state index is 13.9. The van der Waals surface area contributed by atoms with E-state index in [-0.39, 0.29) is 42.2 Å². The van der Waals surface area contributed by atoms with Crippen molar-refractivity contribution in [3.05, 3.63) is 82.2 Å². The molecule has 1 aliphatic heterocycles. The Morgan fingerprint density at radius 1 is 1.19 bits per heavy atom. The molecule has 2 N–H and O–H groups in total. The second kappa shape index (κ2) is 11.9. The normalized spacial score (nSPS) is 17.8. The molecular weight excluding hydrogens is 457 g/mol. The highest BCUT2D eigenvalue weighted by Crippen LogP contribution is 2.39. The van der Waals surface area contributed by atoms with Crippen LogP contribution < -0.4 is 5.32 Å². The van der Waals surface area contributed by atoms with E-state index in [4.69, 9.17) is 5.41 Å². The molecule has 1 heterocycles. The van der Waals surface area contributed by atoms with Crippen LogP contribution in [0.3, 0.4) is 0 Å². The van der Waals surface area contributed by atoms with Gasteiger partial charge in [0.1, 0.15) is 12.1 Å². The van der Waals surface area contributed by atoms with Crippen LogP contribution >= 0.6 is 0 Å². The molecule has 36 heavy (non-hydrogen) atoms.